The highest BCUT2D eigenvalue weighted by atomic mass is 15.2. The van der Waals surface area contributed by atoms with Crippen molar-refractivity contribution in [3.63, 3.8) is 0 Å². The molecule has 0 amide bonds. The van der Waals surface area contributed by atoms with Crippen molar-refractivity contribution in [3.8, 4) is 0 Å². The number of aromatic nitrogens is 1. The summed E-state index contributed by atoms with van der Waals surface area (Å²) >= 11 is 0. The minimum Gasteiger partial charge on any atom is -0.396 e. The van der Waals surface area contributed by atoms with E-state index in [1.54, 1.807) is 6.07 Å². The first-order chi connectivity index (χ1) is 6.88. The summed E-state index contributed by atoms with van der Waals surface area (Å²) < 4.78 is 0. The second kappa shape index (κ2) is 3.96. The van der Waals surface area contributed by atoms with Gasteiger partial charge in [-0.3, -0.25) is 0 Å². The van der Waals surface area contributed by atoms with Crippen molar-refractivity contribution in [2.24, 2.45) is 0 Å². The Morgan fingerprint density at radius 3 is 2.40 bits per heavy atom. The second-order valence-corrected chi connectivity index (χ2v) is 4.37. The van der Waals surface area contributed by atoms with Gasteiger partial charge in [-0.2, -0.15) is 0 Å². The number of pyridine rings is 1. The molecule has 0 saturated carbocycles. The van der Waals surface area contributed by atoms with Gasteiger partial charge in [0.1, 0.15) is 11.6 Å². The van der Waals surface area contributed by atoms with Crippen molar-refractivity contribution in [2.45, 2.75) is 32.7 Å². The van der Waals surface area contributed by atoms with E-state index in [0.29, 0.717) is 11.5 Å². The van der Waals surface area contributed by atoms with Crippen molar-refractivity contribution in [1.29, 1.82) is 0 Å². The summed E-state index contributed by atoms with van der Waals surface area (Å²) in [4.78, 5) is 6.38. The highest BCUT2D eigenvalue weighted by Crippen LogP contribution is 2.25. The molecule has 4 nitrogen and oxygen atoms in total. The van der Waals surface area contributed by atoms with Crippen LogP contribution in [0.15, 0.2) is 12.1 Å². The van der Waals surface area contributed by atoms with Gasteiger partial charge < -0.3 is 16.4 Å². The number of hydrogen-bond donors (Lipinski definition) is 2. The van der Waals surface area contributed by atoms with Crippen molar-refractivity contribution in [3.05, 3.63) is 12.1 Å². The van der Waals surface area contributed by atoms with Crippen molar-refractivity contribution in [2.75, 3.05) is 23.4 Å². The summed E-state index contributed by atoms with van der Waals surface area (Å²) in [5.41, 5.74) is 11.9. The Morgan fingerprint density at radius 2 is 1.93 bits per heavy atom. The van der Waals surface area contributed by atoms with Gasteiger partial charge in [0.15, 0.2) is 0 Å². The van der Waals surface area contributed by atoms with Gasteiger partial charge in [-0.15, -0.1) is 0 Å². The van der Waals surface area contributed by atoms with Gasteiger partial charge in [-0.05, 0) is 32.4 Å². The monoisotopic (exact) mass is 208 g/mol. The lowest BCUT2D eigenvalue weighted by molar-refractivity contribution is 0.467. The van der Waals surface area contributed by atoms with Crippen molar-refractivity contribution < 1.29 is 0 Å². The van der Waals surface area contributed by atoms with Crippen molar-refractivity contribution in [1.82, 2.24) is 4.98 Å². The summed E-state index contributed by atoms with van der Waals surface area (Å²) in [6.07, 6.45) is 1.04. The van der Waals surface area contributed by atoms with Crippen LogP contribution in [0.25, 0.3) is 0 Å². The number of rotatable bonds is 3. The summed E-state index contributed by atoms with van der Waals surface area (Å²) in [5, 5.41) is 0. The Kier molecular flexibility index (Phi) is 3.07. The summed E-state index contributed by atoms with van der Waals surface area (Å²) in [7, 11) is 2.02. The lowest BCUT2D eigenvalue weighted by atomic mass is 10.00. The molecule has 1 aromatic heterocycles. The van der Waals surface area contributed by atoms with Gasteiger partial charge in [0.2, 0.25) is 0 Å². The highest BCUT2D eigenvalue weighted by molar-refractivity contribution is 5.62. The molecule has 0 saturated heterocycles. The molecule has 0 aliphatic rings. The predicted molar refractivity (Wildman–Crippen MR) is 65.8 cm³/mol. The van der Waals surface area contributed by atoms with Gasteiger partial charge in [0.25, 0.3) is 0 Å². The Bertz CT molecular complexity index is 346. The predicted octanol–water partition coefficient (Wildman–Crippen LogP) is 1.87. The molecule has 0 aliphatic heterocycles. The molecule has 0 fully saturated rings. The van der Waals surface area contributed by atoms with E-state index in [-0.39, 0.29) is 5.54 Å². The van der Waals surface area contributed by atoms with Gasteiger partial charge in [0, 0.05) is 12.6 Å². The van der Waals surface area contributed by atoms with Crippen LogP contribution in [0.4, 0.5) is 17.3 Å². The molecule has 1 heterocycles. The summed E-state index contributed by atoms with van der Waals surface area (Å²) in [5.74, 6) is 1.25. The molecule has 4 heteroatoms. The molecular formula is C11H20N4. The molecule has 0 unspecified atom stereocenters. The minimum atomic E-state index is 0.0650. The normalized spacial score (nSPS) is 11.5. The maximum Gasteiger partial charge on any atom is 0.149 e. The van der Waals surface area contributed by atoms with Crippen LogP contribution in [0.5, 0.6) is 0 Å². The SMILES string of the molecule is CCC(C)(C)N(C)c1ccc(N)c(N)n1. The van der Waals surface area contributed by atoms with Crippen LogP contribution < -0.4 is 16.4 Å². The number of anilines is 3. The van der Waals surface area contributed by atoms with E-state index >= 15 is 0 Å². The summed E-state index contributed by atoms with van der Waals surface area (Å²) in [6, 6.07) is 3.68. The number of nitrogens with zero attached hydrogens (tertiary/aromatic N) is 2. The average Bonchev–Trinajstić information content (AvgIpc) is 2.21. The smallest absolute Gasteiger partial charge is 0.149 e. The zero-order valence-electron chi connectivity index (χ0n) is 9.91. The third-order valence-electron chi connectivity index (χ3n) is 3.06. The van der Waals surface area contributed by atoms with Gasteiger partial charge in [0.05, 0.1) is 5.69 Å². The maximum absolute atomic E-state index is 5.68. The molecule has 0 aliphatic carbocycles. The average molecular weight is 208 g/mol. The first kappa shape index (κ1) is 11.6. The van der Waals surface area contributed by atoms with Crippen LogP contribution in [0.1, 0.15) is 27.2 Å². The summed E-state index contributed by atoms with van der Waals surface area (Å²) in [6.45, 7) is 6.49. The van der Waals surface area contributed by atoms with E-state index in [0.717, 1.165) is 12.2 Å². The molecule has 0 bridgehead atoms. The Balaban J connectivity index is 3.02. The van der Waals surface area contributed by atoms with Crippen LogP contribution in [-0.4, -0.2) is 17.6 Å². The number of nitrogen functional groups attached to an aromatic ring is 2. The van der Waals surface area contributed by atoms with E-state index in [2.05, 4.69) is 30.7 Å². The fourth-order valence-corrected chi connectivity index (χ4v) is 1.21. The second-order valence-electron chi connectivity index (χ2n) is 4.37. The molecule has 4 N–H and O–H groups in total. The quantitative estimate of drug-likeness (QED) is 0.795. The van der Waals surface area contributed by atoms with Gasteiger partial charge >= 0.3 is 0 Å². The van der Waals surface area contributed by atoms with E-state index in [9.17, 15) is 0 Å². The van der Waals surface area contributed by atoms with Crippen LogP contribution in [0.3, 0.4) is 0 Å². The molecule has 0 aromatic carbocycles. The number of nitrogens with two attached hydrogens (primary N) is 2. The van der Waals surface area contributed by atoms with Crippen LogP contribution in [0.2, 0.25) is 0 Å². The van der Waals surface area contributed by atoms with Crippen LogP contribution in [-0.2, 0) is 0 Å². The zero-order chi connectivity index (χ0) is 11.6. The first-order valence-electron chi connectivity index (χ1n) is 5.14. The first-order valence-corrected chi connectivity index (χ1v) is 5.14. The third-order valence-corrected chi connectivity index (χ3v) is 3.06. The third kappa shape index (κ3) is 2.32. The van der Waals surface area contributed by atoms with E-state index in [4.69, 9.17) is 11.5 Å². The van der Waals surface area contributed by atoms with E-state index < -0.39 is 0 Å². The van der Waals surface area contributed by atoms with Crippen molar-refractivity contribution >= 4 is 17.3 Å². The molecule has 84 valence electrons. The minimum absolute atomic E-state index is 0.0650. The Morgan fingerprint density at radius 1 is 1.33 bits per heavy atom. The molecule has 0 spiro atoms. The van der Waals surface area contributed by atoms with Gasteiger partial charge in [-0.25, -0.2) is 4.98 Å². The number of hydrogen-bond acceptors (Lipinski definition) is 4. The lowest BCUT2D eigenvalue weighted by Gasteiger charge is -2.35. The standard InChI is InChI=1S/C11H20N4/c1-5-11(2,3)15(4)9-7-6-8(12)10(13)14-9/h6-7H,5,12H2,1-4H3,(H2,13,14). The van der Waals surface area contributed by atoms with E-state index in [1.165, 1.54) is 0 Å². The Labute approximate surface area is 91.3 Å². The molecular weight excluding hydrogens is 188 g/mol. The topological polar surface area (TPSA) is 68.2 Å². The largest absolute Gasteiger partial charge is 0.396 e. The van der Waals surface area contributed by atoms with Crippen LogP contribution >= 0.6 is 0 Å². The maximum atomic E-state index is 5.68. The Hall–Kier alpha value is -1.45. The molecule has 0 radical (unpaired) electrons. The molecule has 0 atom stereocenters. The van der Waals surface area contributed by atoms with Gasteiger partial charge in [-0.1, -0.05) is 6.92 Å². The zero-order valence-corrected chi connectivity index (χ0v) is 9.91. The van der Waals surface area contributed by atoms with E-state index in [1.807, 2.05) is 13.1 Å². The molecule has 1 aromatic rings. The highest BCUT2D eigenvalue weighted by Gasteiger charge is 2.22. The lowest BCUT2D eigenvalue weighted by Crippen LogP contribution is -2.41. The molecule has 1 rings (SSSR count). The fourth-order valence-electron chi connectivity index (χ4n) is 1.21. The fraction of sp³-hybridized carbons (Fsp3) is 0.545. The van der Waals surface area contributed by atoms with Crippen LogP contribution in [0, 0.1) is 0 Å². The molecule has 15 heavy (non-hydrogen) atoms.